The summed E-state index contributed by atoms with van der Waals surface area (Å²) in [6.45, 7) is 1.06. The van der Waals surface area contributed by atoms with E-state index in [1.165, 1.54) is 0 Å². The fourth-order valence-electron chi connectivity index (χ4n) is 2.18. The molecule has 0 unspecified atom stereocenters. The predicted octanol–water partition coefficient (Wildman–Crippen LogP) is 1.48. The molecule has 1 aliphatic heterocycles. The number of aliphatic carboxylic acids is 1. The number of piperidine rings is 1. The maximum absolute atomic E-state index is 11.4. The summed E-state index contributed by atoms with van der Waals surface area (Å²) >= 11 is 0. The molecule has 0 aromatic heterocycles. The van der Waals surface area contributed by atoms with Crippen molar-refractivity contribution in [1.82, 2.24) is 4.90 Å². The van der Waals surface area contributed by atoms with Crippen LogP contribution in [0.5, 0.6) is 0 Å². The SMILES string of the molecule is O=C1CCN([C@H](C(=O)O)c2ccccc2)CC1. The van der Waals surface area contributed by atoms with Crippen LogP contribution >= 0.6 is 0 Å². The third-order valence-electron chi connectivity index (χ3n) is 3.07. The van der Waals surface area contributed by atoms with Crippen molar-refractivity contribution in [1.29, 1.82) is 0 Å². The lowest BCUT2D eigenvalue weighted by atomic mass is 10.0. The molecule has 90 valence electrons. The first-order chi connectivity index (χ1) is 8.18. The minimum absolute atomic E-state index is 0.221. The number of nitrogens with zero attached hydrogens (tertiary/aromatic N) is 1. The van der Waals surface area contributed by atoms with Gasteiger partial charge in [0.15, 0.2) is 0 Å². The number of carboxylic acids is 1. The van der Waals surface area contributed by atoms with Crippen molar-refractivity contribution < 1.29 is 14.7 Å². The highest BCUT2D eigenvalue weighted by atomic mass is 16.4. The van der Waals surface area contributed by atoms with Gasteiger partial charge in [-0.05, 0) is 5.56 Å². The van der Waals surface area contributed by atoms with E-state index in [1.54, 1.807) is 0 Å². The van der Waals surface area contributed by atoms with E-state index in [-0.39, 0.29) is 5.78 Å². The van der Waals surface area contributed by atoms with Gasteiger partial charge in [0.2, 0.25) is 0 Å². The van der Waals surface area contributed by atoms with Crippen LogP contribution in [0.25, 0.3) is 0 Å². The lowest BCUT2D eigenvalue weighted by molar-refractivity contribution is -0.145. The van der Waals surface area contributed by atoms with Crippen molar-refractivity contribution in [3.05, 3.63) is 35.9 Å². The molecule has 17 heavy (non-hydrogen) atoms. The quantitative estimate of drug-likeness (QED) is 0.859. The van der Waals surface area contributed by atoms with Crippen LogP contribution in [0.15, 0.2) is 30.3 Å². The second kappa shape index (κ2) is 5.10. The summed E-state index contributed by atoms with van der Waals surface area (Å²) in [6, 6.07) is 8.53. The number of hydrogen-bond donors (Lipinski definition) is 1. The van der Waals surface area contributed by atoms with Crippen LogP contribution in [0.1, 0.15) is 24.4 Å². The lowest BCUT2D eigenvalue weighted by Crippen LogP contribution is -2.40. The Bertz CT molecular complexity index is 406. The summed E-state index contributed by atoms with van der Waals surface area (Å²) in [5.74, 6) is -0.635. The zero-order valence-electron chi connectivity index (χ0n) is 9.50. The van der Waals surface area contributed by atoms with Crippen molar-refractivity contribution in [2.24, 2.45) is 0 Å². The van der Waals surface area contributed by atoms with Gasteiger partial charge >= 0.3 is 5.97 Å². The number of carbonyl (C=O) groups is 2. The Morgan fingerprint density at radius 3 is 2.29 bits per heavy atom. The first-order valence-electron chi connectivity index (χ1n) is 5.72. The van der Waals surface area contributed by atoms with E-state index in [0.717, 1.165) is 5.56 Å². The van der Waals surface area contributed by atoms with Crippen LogP contribution in [0, 0.1) is 0 Å². The molecule has 1 aliphatic rings. The fourth-order valence-corrected chi connectivity index (χ4v) is 2.18. The zero-order valence-corrected chi connectivity index (χ0v) is 9.50. The van der Waals surface area contributed by atoms with E-state index in [4.69, 9.17) is 0 Å². The van der Waals surface area contributed by atoms with Crippen molar-refractivity contribution >= 4 is 11.8 Å². The Hall–Kier alpha value is -1.68. The van der Waals surface area contributed by atoms with Crippen LogP contribution in [0.3, 0.4) is 0 Å². The van der Waals surface area contributed by atoms with E-state index in [0.29, 0.717) is 25.9 Å². The molecule has 2 rings (SSSR count). The number of carboxylic acid groups (broad SMARTS) is 1. The van der Waals surface area contributed by atoms with Gasteiger partial charge in [0.1, 0.15) is 11.8 Å². The van der Waals surface area contributed by atoms with Gasteiger partial charge in [-0.25, -0.2) is 0 Å². The number of hydrogen-bond acceptors (Lipinski definition) is 3. The topological polar surface area (TPSA) is 57.6 Å². The predicted molar refractivity (Wildman–Crippen MR) is 62.6 cm³/mol. The van der Waals surface area contributed by atoms with Gasteiger partial charge in [0.25, 0.3) is 0 Å². The molecule has 4 heteroatoms. The van der Waals surface area contributed by atoms with E-state index in [9.17, 15) is 14.7 Å². The maximum atomic E-state index is 11.4. The van der Waals surface area contributed by atoms with Crippen LogP contribution < -0.4 is 0 Å². The Morgan fingerprint density at radius 2 is 1.76 bits per heavy atom. The van der Waals surface area contributed by atoms with Crippen molar-refractivity contribution in [2.75, 3.05) is 13.1 Å². The Labute approximate surface area is 99.9 Å². The third kappa shape index (κ3) is 2.71. The standard InChI is InChI=1S/C13H15NO3/c15-11-6-8-14(9-7-11)12(13(16)17)10-4-2-1-3-5-10/h1-5,12H,6-9H2,(H,16,17)/t12-/m0/s1. The van der Waals surface area contributed by atoms with Gasteiger partial charge < -0.3 is 5.11 Å². The molecule has 0 saturated carbocycles. The van der Waals surface area contributed by atoms with Gasteiger partial charge in [0, 0.05) is 25.9 Å². The third-order valence-corrected chi connectivity index (χ3v) is 3.07. The summed E-state index contributed by atoms with van der Waals surface area (Å²) < 4.78 is 0. The molecular weight excluding hydrogens is 218 g/mol. The van der Waals surface area contributed by atoms with E-state index < -0.39 is 12.0 Å². The van der Waals surface area contributed by atoms with Gasteiger partial charge in [0.05, 0.1) is 0 Å². The van der Waals surface area contributed by atoms with Gasteiger partial charge in [-0.15, -0.1) is 0 Å². The summed E-state index contributed by atoms with van der Waals surface area (Å²) in [5, 5.41) is 9.32. The fraction of sp³-hybridized carbons (Fsp3) is 0.385. The molecule has 0 bridgehead atoms. The van der Waals surface area contributed by atoms with Gasteiger partial charge in [-0.2, -0.15) is 0 Å². The molecule has 1 atom stereocenters. The molecular formula is C13H15NO3. The second-order valence-corrected chi connectivity index (χ2v) is 4.23. The van der Waals surface area contributed by atoms with Crippen LogP contribution in [-0.4, -0.2) is 34.8 Å². The van der Waals surface area contributed by atoms with Gasteiger partial charge in [-0.3, -0.25) is 14.5 Å². The maximum Gasteiger partial charge on any atom is 0.325 e. The minimum atomic E-state index is -0.856. The average Bonchev–Trinajstić information content (AvgIpc) is 2.33. The molecule has 1 aromatic carbocycles. The average molecular weight is 233 g/mol. The molecule has 1 aromatic rings. The number of carbonyl (C=O) groups excluding carboxylic acids is 1. The van der Waals surface area contributed by atoms with Crippen molar-refractivity contribution in [3.63, 3.8) is 0 Å². The molecule has 1 fully saturated rings. The molecule has 0 amide bonds. The Kier molecular flexibility index (Phi) is 3.54. The molecule has 4 nitrogen and oxygen atoms in total. The van der Waals surface area contributed by atoms with E-state index in [2.05, 4.69) is 0 Å². The van der Waals surface area contributed by atoms with E-state index >= 15 is 0 Å². The first-order valence-corrected chi connectivity index (χ1v) is 5.72. The molecule has 1 heterocycles. The van der Waals surface area contributed by atoms with Gasteiger partial charge in [-0.1, -0.05) is 30.3 Å². The smallest absolute Gasteiger partial charge is 0.325 e. The second-order valence-electron chi connectivity index (χ2n) is 4.23. The molecule has 1 N–H and O–H groups in total. The molecule has 0 radical (unpaired) electrons. The highest BCUT2D eigenvalue weighted by Gasteiger charge is 2.29. The number of benzene rings is 1. The molecule has 0 spiro atoms. The number of Topliss-reactive ketones (excluding diaryl/α,β-unsaturated/α-hetero) is 1. The first kappa shape index (κ1) is 11.8. The van der Waals surface area contributed by atoms with Crippen LogP contribution in [0.2, 0.25) is 0 Å². The number of ketones is 1. The normalized spacial score (nSPS) is 18.9. The van der Waals surface area contributed by atoms with Crippen molar-refractivity contribution in [3.8, 4) is 0 Å². The summed E-state index contributed by atoms with van der Waals surface area (Å²) in [7, 11) is 0. The highest BCUT2D eigenvalue weighted by molar-refractivity contribution is 5.80. The van der Waals surface area contributed by atoms with Crippen molar-refractivity contribution in [2.45, 2.75) is 18.9 Å². The number of rotatable bonds is 3. The van der Waals surface area contributed by atoms with Crippen LogP contribution in [-0.2, 0) is 9.59 Å². The van der Waals surface area contributed by atoms with Crippen LogP contribution in [0.4, 0.5) is 0 Å². The summed E-state index contributed by atoms with van der Waals surface area (Å²) in [6.07, 6.45) is 0.910. The lowest BCUT2D eigenvalue weighted by Gasteiger charge is -2.31. The highest BCUT2D eigenvalue weighted by Crippen LogP contribution is 2.23. The number of likely N-dealkylation sites (tertiary alicyclic amines) is 1. The Morgan fingerprint density at radius 1 is 1.18 bits per heavy atom. The van der Waals surface area contributed by atoms with E-state index in [1.807, 2.05) is 35.2 Å². The molecule has 1 saturated heterocycles. The Balaban J connectivity index is 2.18. The largest absolute Gasteiger partial charge is 0.480 e. The monoisotopic (exact) mass is 233 g/mol. The zero-order chi connectivity index (χ0) is 12.3. The summed E-state index contributed by atoms with van der Waals surface area (Å²) in [5.41, 5.74) is 0.773. The molecule has 0 aliphatic carbocycles. The summed E-state index contributed by atoms with van der Waals surface area (Å²) in [4.78, 5) is 24.4. The minimum Gasteiger partial charge on any atom is -0.480 e.